The van der Waals surface area contributed by atoms with Gasteiger partial charge in [0.1, 0.15) is 0 Å². The summed E-state index contributed by atoms with van der Waals surface area (Å²) in [6.07, 6.45) is 1.11. The molecule has 2 heterocycles. The van der Waals surface area contributed by atoms with Gasteiger partial charge in [-0.15, -0.1) is 22.7 Å². The summed E-state index contributed by atoms with van der Waals surface area (Å²) in [5, 5.41) is 10.0. The molecule has 0 bridgehead atoms. The summed E-state index contributed by atoms with van der Waals surface area (Å²) in [7, 11) is 0. The molecule has 0 radical (unpaired) electrons. The zero-order valence-electron chi connectivity index (χ0n) is 14.3. The average Bonchev–Trinajstić information content (AvgIpc) is 3.11. The minimum Gasteiger partial charge on any atom is -0.357 e. The third-order valence-corrected chi connectivity index (χ3v) is 5.43. The Hall–Kier alpha value is -1.40. The molecule has 2 N–H and O–H groups in total. The van der Waals surface area contributed by atoms with E-state index in [0.717, 1.165) is 36.2 Å². The Balaban J connectivity index is 1.87. The van der Waals surface area contributed by atoms with E-state index < -0.39 is 0 Å². The SMILES string of the molecule is CCNC(=NCc1sc(C)nc1C)NCC(C)Cc1cccs1. The van der Waals surface area contributed by atoms with E-state index in [2.05, 4.69) is 53.9 Å². The second-order valence-electron chi connectivity index (χ2n) is 5.71. The van der Waals surface area contributed by atoms with Crippen molar-refractivity contribution in [2.24, 2.45) is 10.9 Å². The van der Waals surface area contributed by atoms with Crippen molar-refractivity contribution in [2.45, 2.75) is 40.7 Å². The minimum atomic E-state index is 0.574. The molecule has 126 valence electrons. The summed E-state index contributed by atoms with van der Waals surface area (Å²) in [6, 6.07) is 4.32. The molecule has 0 amide bonds. The van der Waals surface area contributed by atoms with Gasteiger partial charge in [0.05, 0.1) is 17.2 Å². The first kappa shape index (κ1) is 17.9. The van der Waals surface area contributed by atoms with Crippen molar-refractivity contribution >= 4 is 28.6 Å². The van der Waals surface area contributed by atoms with Crippen molar-refractivity contribution in [1.29, 1.82) is 0 Å². The summed E-state index contributed by atoms with van der Waals surface area (Å²) in [5.41, 5.74) is 1.10. The van der Waals surface area contributed by atoms with Gasteiger partial charge < -0.3 is 10.6 Å². The molecule has 2 aromatic rings. The molecule has 0 aliphatic rings. The molecule has 0 aliphatic heterocycles. The van der Waals surface area contributed by atoms with Crippen LogP contribution in [0.25, 0.3) is 0 Å². The summed E-state index contributed by atoms with van der Waals surface area (Å²) in [4.78, 5) is 11.8. The maximum Gasteiger partial charge on any atom is 0.191 e. The molecule has 0 fully saturated rings. The summed E-state index contributed by atoms with van der Waals surface area (Å²) < 4.78 is 0. The van der Waals surface area contributed by atoms with Gasteiger partial charge in [0.2, 0.25) is 0 Å². The van der Waals surface area contributed by atoms with E-state index in [1.165, 1.54) is 9.75 Å². The van der Waals surface area contributed by atoms with Gasteiger partial charge in [0.25, 0.3) is 0 Å². The minimum absolute atomic E-state index is 0.574. The fourth-order valence-corrected chi connectivity index (χ4v) is 4.06. The molecular weight excluding hydrogens is 324 g/mol. The summed E-state index contributed by atoms with van der Waals surface area (Å²) >= 11 is 3.56. The highest BCUT2D eigenvalue weighted by Crippen LogP contribution is 2.18. The third-order valence-electron chi connectivity index (χ3n) is 3.47. The molecule has 23 heavy (non-hydrogen) atoms. The van der Waals surface area contributed by atoms with E-state index in [9.17, 15) is 0 Å². The Morgan fingerprint density at radius 2 is 2.17 bits per heavy atom. The smallest absolute Gasteiger partial charge is 0.191 e. The van der Waals surface area contributed by atoms with Crippen LogP contribution >= 0.6 is 22.7 Å². The van der Waals surface area contributed by atoms with Crippen molar-refractivity contribution in [3.8, 4) is 0 Å². The fraction of sp³-hybridized carbons (Fsp3) is 0.529. The van der Waals surface area contributed by atoms with E-state index in [0.29, 0.717) is 12.5 Å². The normalized spacial score (nSPS) is 13.1. The van der Waals surface area contributed by atoms with Crippen LogP contribution < -0.4 is 10.6 Å². The van der Waals surface area contributed by atoms with Gasteiger partial charge >= 0.3 is 0 Å². The second kappa shape index (κ2) is 9.03. The van der Waals surface area contributed by atoms with Gasteiger partial charge in [-0.1, -0.05) is 13.0 Å². The fourth-order valence-electron chi connectivity index (χ4n) is 2.33. The first-order valence-electron chi connectivity index (χ1n) is 8.06. The number of aliphatic imine (C=N–C) groups is 1. The van der Waals surface area contributed by atoms with E-state index in [1.807, 2.05) is 18.3 Å². The maximum atomic E-state index is 4.69. The van der Waals surface area contributed by atoms with E-state index in [4.69, 9.17) is 4.99 Å². The number of rotatable bonds is 7. The first-order chi connectivity index (χ1) is 11.1. The molecule has 0 aliphatic carbocycles. The molecule has 6 heteroatoms. The number of nitrogens with one attached hydrogen (secondary N) is 2. The number of aryl methyl sites for hydroxylation is 2. The number of hydrogen-bond acceptors (Lipinski definition) is 4. The highest BCUT2D eigenvalue weighted by Gasteiger charge is 2.07. The largest absolute Gasteiger partial charge is 0.357 e. The van der Waals surface area contributed by atoms with Crippen LogP contribution in [0.5, 0.6) is 0 Å². The lowest BCUT2D eigenvalue weighted by Gasteiger charge is -2.15. The van der Waals surface area contributed by atoms with Crippen LogP contribution in [0.3, 0.4) is 0 Å². The molecule has 4 nitrogen and oxygen atoms in total. The van der Waals surface area contributed by atoms with Crippen molar-refractivity contribution in [2.75, 3.05) is 13.1 Å². The molecule has 0 saturated carbocycles. The van der Waals surface area contributed by atoms with Crippen molar-refractivity contribution in [3.63, 3.8) is 0 Å². The average molecular weight is 351 g/mol. The van der Waals surface area contributed by atoms with Crippen molar-refractivity contribution in [1.82, 2.24) is 15.6 Å². The zero-order chi connectivity index (χ0) is 16.7. The molecule has 0 spiro atoms. The van der Waals surface area contributed by atoms with Crippen LogP contribution in [-0.4, -0.2) is 24.0 Å². The molecule has 2 rings (SSSR count). The van der Waals surface area contributed by atoms with Crippen LogP contribution in [0.15, 0.2) is 22.5 Å². The number of thiophene rings is 1. The topological polar surface area (TPSA) is 49.3 Å². The lowest BCUT2D eigenvalue weighted by atomic mass is 10.1. The second-order valence-corrected chi connectivity index (χ2v) is 8.03. The quantitative estimate of drug-likeness (QED) is 0.590. The molecule has 0 saturated heterocycles. The lowest BCUT2D eigenvalue weighted by molar-refractivity contribution is 0.562. The number of hydrogen-bond donors (Lipinski definition) is 2. The van der Waals surface area contributed by atoms with E-state index >= 15 is 0 Å². The van der Waals surface area contributed by atoms with Crippen molar-refractivity contribution in [3.05, 3.63) is 38.0 Å². The molecule has 0 aromatic carbocycles. The predicted octanol–water partition coefficient (Wildman–Crippen LogP) is 3.76. The monoisotopic (exact) mass is 350 g/mol. The van der Waals surface area contributed by atoms with Crippen LogP contribution in [0.4, 0.5) is 0 Å². The number of guanidine groups is 1. The zero-order valence-corrected chi connectivity index (χ0v) is 16.0. The van der Waals surface area contributed by atoms with Crippen molar-refractivity contribution < 1.29 is 0 Å². The summed E-state index contributed by atoms with van der Waals surface area (Å²) in [6.45, 7) is 10.9. The number of aromatic nitrogens is 1. The molecule has 1 atom stereocenters. The van der Waals surface area contributed by atoms with Gasteiger partial charge in [-0.2, -0.15) is 0 Å². The molecule has 2 aromatic heterocycles. The van der Waals surface area contributed by atoms with Gasteiger partial charge in [-0.25, -0.2) is 9.98 Å². The maximum absolute atomic E-state index is 4.69. The van der Waals surface area contributed by atoms with Crippen LogP contribution in [0.1, 0.15) is 34.3 Å². The van der Waals surface area contributed by atoms with Gasteiger partial charge in [0, 0.05) is 22.8 Å². The summed E-state index contributed by atoms with van der Waals surface area (Å²) in [5.74, 6) is 1.46. The third kappa shape index (κ3) is 5.95. The first-order valence-corrected chi connectivity index (χ1v) is 9.75. The Morgan fingerprint density at radius 3 is 2.78 bits per heavy atom. The standard InChI is InChI=1S/C17H26N4S2/c1-5-18-17(20-11-16-13(3)21-14(4)23-16)19-10-12(2)9-15-7-6-8-22-15/h6-8,12H,5,9-11H2,1-4H3,(H2,18,19,20). The lowest BCUT2D eigenvalue weighted by Crippen LogP contribution is -2.39. The Kier molecular flexibility index (Phi) is 7.05. The van der Waals surface area contributed by atoms with E-state index in [-0.39, 0.29) is 0 Å². The van der Waals surface area contributed by atoms with Crippen LogP contribution in [0, 0.1) is 19.8 Å². The van der Waals surface area contributed by atoms with Crippen LogP contribution in [-0.2, 0) is 13.0 Å². The van der Waals surface area contributed by atoms with Gasteiger partial charge in [-0.3, -0.25) is 0 Å². The van der Waals surface area contributed by atoms with Gasteiger partial charge in [0.15, 0.2) is 5.96 Å². The molecular formula is C17H26N4S2. The Labute approximate surface area is 147 Å². The highest BCUT2D eigenvalue weighted by molar-refractivity contribution is 7.11. The van der Waals surface area contributed by atoms with Gasteiger partial charge in [-0.05, 0) is 44.6 Å². The number of nitrogens with zero attached hydrogens (tertiary/aromatic N) is 2. The molecule has 1 unspecified atom stereocenters. The van der Waals surface area contributed by atoms with Crippen LogP contribution in [0.2, 0.25) is 0 Å². The highest BCUT2D eigenvalue weighted by atomic mass is 32.1. The Bertz CT molecular complexity index is 617. The van der Waals surface area contributed by atoms with E-state index in [1.54, 1.807) is 11.3 Å². The Morgan fingerprint density at radius 1 is 1.35 bits per heavy atom. The predicted molar refractivity (Wildman–Crippen MR) is 102 cm³/mol. The number of thiazole rings is 1.